The van der Waals surface area contributed by atoms with Crippen molar-refractivity contribution in [1.29, 1.82) is 0 Å². The van der Waals surface area contributed by atoms with E-state index in [4.69, 9.17) is 0 Å². The van der Waals surface area contributed by atoms with Gasteiger partial charge in [0.05, 0.1) is 4.88 Å². The highest BCUT2D eigenvalue weighted by atomic mass is 32.1. The van der Waals surface area contributed by atoms with Crippen LogP contribution < -0.4 is 0 Å². The minimum atomic E-state index is 0.161. The lowest BCUT2D eigenvalue weighted by Crippen LogP contribution is -2.09. The van der Waals surface area contributed by atoms with Crippen LogP contribution in [0, 0.1) is 6.92 Å². The summed E-state index contributed by atoms with van der Waals surface area (Å²) in [6, 6.07) is 12.1. The van der Waals surface area contributed by atoms with E-state index in [1.165, 1.54) is 29.7 Å². The number of hydrogen-bond acceptors (Lipinski definition) is 2. The molecule has 2 heteroatoms. The molecule has 1 aromatic heterocycles. The third-order valence-electron chi connectivity index (χ3n) is 3.69. The van der Waals surface area contributed by atoms with E-state index in [0.717, 1.165) is 10.4 Å². The van der Waals surface area contributed by atoms with Crippen LogP contribution >= 0.6 is 11.3 Å². The quantitative estimate of drug-likeness (QED) is 0.736. The summed E-state index contributed by atoms with van der Waals surface area (Å²) in [5, 5.41) is 0. The molecule has 0 atom stereocenters. The van der Waals surface area contributed by atoms with Gasteiger partial charge in [-0.05, 0) is 49.4 Å². The first kappa shape index (κ1) is 11.7. The van der Waals surface area contributed by atoms with Gasteiger partial charge in [-0.15, -0.1) is 11.3 Å². The van der Waals surface area contributed by atoms with Crippen LogP contribution in [-0.2, 0) is 0 Å². The predicted molar refractivity (Wildman–Crippen MR) is 75.5 cm³/mol. The standard InChI is InChI=1S/C16H16OS/c1-11-8-9-15(18-11)16(17)14-7-3-6-13(10-14)12-4-2-5-12/h3,6-10,12H,2,4-5H2,1H3. The molecule has 1 aliphatic rings. The Morgan fingerprint density at radius 2 is 2.06 bits per heavy atom. The van der Waals surface area contributed by atoms with Crippen molar-refractivity contribution in [2.24, 2.45) is 0 Å². The molecule has 1 fully saturated rings. The highest BCUT2D eigenvalue weighted by Gasteiger charge is 2.20. The van der Waals surface area contributed by atoms with Gasteiger partial charge in [-0.3, -0.25) is 4.79 Å². The van der Waals surface area contributed by atoms with Crippen LogP contribution in [0.3, 0.4) is 0 Å². The van der Waals surface area contributed by atoms with Gasteiger partial charge in [0.25, 0.3) is 0 Å². The van der Waals surface area contributed by atoms with E-state index in [1.807, 2.05) is 31.2 Å². The van der Waals surface area contributed by atoms with Gasteiger partial charge in [-0.25, -0.2) is 0 Å². The van der Waals surface area contributed by atoms with Crippen LogP contribution in [0.1, 0.15) is 50.9 Å². The van der Waals surface area contributed by atoms with Crippen molar-refractivity contribution in [2.75, 3.05) is 0 Å². The van der Waals surface area contributed by atoms with Crippen molar-refractivity contribution in [2.45, 2.75) is 32.1 Å². The topological polar surface area (TPSA) is 17.1 Å². The van der Waals surface area contributed by atoms with Gasteiger partial charge >= 0.3 is 0 Å². The molecule has 1 heterocycles. The second kappa shape index (κ2) is 4.69. The van der Waals surface area contributed by atoms with Crippen LogP contribution in [-0.4, -0.2) is 5.78 Å². The average molecular weight is 256 g/mol. The second-order valence-electron chi connectivity index (χ2n) is 4.99. The number of hydrogen-bond donors (Lipinski definition) is 0. The molecule has 1 aliphatic carbocycles. The fourth-order valence-corrected chi connectivity index (χ4v) is 3.20. The van der Waals surface area contributed by atoms with Crippen molar-refractivity contribution in [3.05, 3.63) is 57.3 Å². The fraction of sp³-hybridized carbons (Fsp3) is 0.312. The lowest BCUT2D eigenvalue weighted by Gasteiger charge is -2.26. The van der Waals surface area contributed by atoms with Gasteiger partial charge in [0, 0.05) is 10.4 Å². The largest absolute Gasteiger partial charge is 0.288 e. The number of benzene rings is 1. The van der Waals surface area contributed by atoms with Gasteiger partial charge in [0.2, 0.25) is 5.78 Å². The van der Waals surface area contributed by atoms with Gasteiger partial charge in [-0.2, -0.15) is 0 Å². The summed E-state index contributed by atoms with van der Waals surface area (Å²) < 4.78 is 0. The predicted octanol–water partition coefficient (Wildman–Crippen LogP) is 4.56. The highest BCUT2D eigenvalue weighted by Crippen LogP contribution is 2.36. The zero-order valence-electron chi connectivity index (χ0n) is 10.5. The molecule has 0 saturated heterocycles. The zero-order valence-corrected chi connectivity index (χ0v) is 11.3. The summed E-state index contributed by atoms with van der Waals surface area (Å²) in [7, 11) is 0. The summed E-state index contributed by atoms with van der Waals surface area (Å²) in [4.78, 5) is 14.4. The molecule has 0 radical (unpaired) electrons. The Balaban J connectivity index is 1.89. The molecule has 1 saturated carbocycles. The van der Waals surface area contributed by atoms with E-state index in [9.17, 15) is 4.79 Å². The molecule has 0 aliphatic heterocycles. The first-order chi connectivity index (χ1) is 8.74. The van der Waals surface area contributed by atoms with E-state index < -0.39 is 0 Å². The Morgan fingerprint density at radius 1 is 1.22 bits per heavy atom. The first-order valence-electron chi connectivity index (χ1n) is 6.45. The maximum atomic E-state index is 12.4. The second-order valence-corrected chi connectivity index (χ2v) is 6.28. The SMILES string of the molecule is Cc1ccc(C(=O)c2cccc(C3CCC3)c2)s1. The zero-order chi connectivity index (χ0) is 12.5. The van der Waals surface area contributed by atoms with E-state index in [-0.39, 0.29) is 5.78 Å². The van der Waals surface area contributed by atoms with E-state index in [1.54, 1.807) is 11.3 Å². The molecule has 0 unspecified atom stereocenters. The summed E-state index contributed by atoms with van der Waals surface area (Å²) >= 11 is 1.58. The summed E-state index contributed by atoms with van der Waals surface area (Å²) in [5.41, 5.74) is 2.17. The number of thiophene rings is 1. The van der Waals surface area contributed by atoms with Gasteiger partial charge in [-0.1, -0.05) is 24.6 Å². The molecule has 3 rings (SSSR count). The average Bonchev–Trinajstić information content (AvgIpc) is 2.73. The molecular formula is C16H16OS. The Bertz CT molecular complexity index is 578. The van der Waals surface area contributed by atoms with Crippen molar-refractivity contribution >= 4 is 17.1 Å². The van der Waals surface area contributed by atoms with E-state index >= 15 is 0 Å². The van der Waals surface area contributed by atoms with Crippen LogP contribution in [0.25, 0.3) is 0 Å². The van der Waals surface area contributed by atoms with Crippen molar-refractivity contribution < 1.29 is 4.79 Å². The molecule has 18 heavy (non-hydrogen) atoms. The molecule has 0 amide bonds. The van der Waals surface area contributed by atoms with E-state index in [2.05, 4.69) is 12.1 Å². The molecule has 92 valence electrons. The molecule has 1 nitrogen and oxygen atoms in total. The monoisotopic (exact) mass is 256 g/mol. The maximum Gasteiger partial charge on any atom is 0.202 e. The molecule has 0 N–H and O–H groups in total. The van der Waals surface area contributed by atoms with Crippen molar-refractivity contribution in [3.8, 4) is 0 Å². The third-order valence-corrected chi connectivity index (χ3v) is 4.69. The number of rotatable bonds is 3. The molecule has 1 aromatic carbocycles. The lowest BCUT2D eigenvalue weighted by molar-refractivity contribution is 0.104. The van der Waals surface area contributed by atoms with Gasteiger partial charge < -0.3 is 0 Å². The van der Waals surface area contributed by atoms with Crippen LogP contribution in [0.15, 0.2) is 36.4 Å². The smallest absolute Gasteiger partial charge is 0.202 e. The number of aryl methyl sites for hydroxylation is 1. The summed E-state index contributed by atoms with van der Waals surface area (Å²) in [6.45, 7) is 2.03. The summed E-state index contributed by atoms with van der Waals surface area (Å²) in [6.07, 6.45) is 3.87. The maximum absolute atomic E-state index is 12.4. The number of carbonyl (C=O) groups excluding carboxylic acids is 1. The normalized spacial score (nSPS) is 15.4. The van der Waals surface area contributed by atoms with Crippen molar-refractivity contribution in [1.82, 2.24) is 0 Å². The van der Waals surface area contributed by atoms with Crippen LogP contribution in [0.2, 0.25) is 0 Å². The van der Waals surface area contributed by atoms with E-state index in [0.29, 0.717) is 5.92 Å². The third kappa shape index (κ3) is 2.13. The number of ketones is 1. The molecular weight excluding hydrogens is 240 g/mol. The Hall–Kier alpha value is -1.41. The Kier molecular flexibility index (Phi) is 3.04. The molecule has 0 bridgehead atoms. The van der Waals surface area contributed by atoms with Gasteiger partial charge in [0.15, 0.2) is 0 Å². The Morgan fingerprint density at radius 3 is 2.67 bits per heavy atom. The van der Waals surface area contributed by atoms with Crippen LogP contribution in [0.5, 0.6) is 0 Å². The lowest BCUT2D eigenvalue weighted by atomic mass is 9.79. The summed E-state index contributed by atoms with van der Waals surface area (Å²) in [5.74, 6) is 0.845. The number of carbonyl (C=O) groups is 1. The molecule has 0 spiro atoms. The highest BCUT2D eigenvalue weighted by molar-refractivity contribution is 7.14. The van der Waals surface area contributed by atoms with Crippen LogP contribution in [0.4, 0.5) is 0 Å². The fourth-order valence-electron chi connectivity index (χ4n) is 2.37. The minimum Gasteiger partial charge on any atom is -0.288 e. The Labute approximate surface area is 111 Å². The minimum absolute atomic E-state index is 0.161. The molecule has 2 aromatic rings. The van der Waals surface area contributed by atoms with Crippen molar-refractivity contribution in [3.63, 3.8) is 0 Å². The first-order valence-corrected chi connectivity index (χ1v) is 7.27. The van der Waals surface area contributed by atoms with Gasteiger partial charge in [0.1, 0.15) is 0 Å².